The summed E-state index contributed by atoms with van der Waals surface area (Å²) in [6.45, 7) is 1.87. The van der Waals surface area contributed by atoms with Gasteiger partial charge in [0, 0.05) is 17.7 Å². The van der Waals surface area contributed by atoms with Crippen molar-refractivity contribution in [3.63, 3.8) is 0 Å². The molecule has 0 aliphatic carbocycles. The molecule has 0 saturated carbocycles. The smallest absolute Gasteiger partial charge is 0.142 e. The molecule has 1 atom stereocenters. The third kappa shape index (κ3) is 2.11. The number of rotatable bonds is 3. The highest BCUT2D eigenvalue weighted by Crippen LogP contribution is 2.35. The Bertz CT molecular complexity index is 326. The van der Waals surface area contributed by atoms with Crippen molar-refractivity contribution in [2.24, 2.45) is 5.73 Å². The van der Waals surface area contributed by atoms with Crippen LogP contribution < -0.4 is 15.2 Å². The molecule has 0 amide bonds. The van der Waals surface area contributed by atoms with E-state index < -0.39 is 0 Å². The molecule has 0 aliphatic rings. The summed E-state index contributed by atoms with van der Waals surface area (Å²) in [4.78, 5) is 0. The molecule has 0 fully saturated rings. The van der Waals surface area contributed by atoms with Crippen LogP contribution in [0, 0.1) is 0 Å². The molecule has 2 N–H and O–H groups in total. The number of halogens is 1. The first-order valence-corrected chi connectivity index (χ1v) is 4.65. The fourth-order valence-corrected chi connectivity index (χ4v) is 1.55. The summed E-state index contributed by atoms with van der Waals surface area (Å²) in [6.07, 6.45) is 0. The summed E-state index contributed by atoms with van der Waals surface area (Å²) in [6, 6.07) is 3.39. The number of nitrogens with two attached hydrogens (primary N) is 1. The van der Waals surface area contributed by atoms with Crippen LogP contribution in [0.5, 0.6) is 11.5 Å². The molecule has 14 heavy (non-hydrogen) atoms. The van der Waals surface area contributed by atoms with E-state index >= 15 is 0 Å². The van der Waals surface area contributed by atoms with Gasteiger partial charge in [-0.25, -0.2) is 0 Å². The fraction of sp³-hybridized carbons (Fsp3) is 0.400. The number of benzene rings is 1. The number of hydrogen-bond donors (Lipinski definition) is 1. The predicted molar refractivity (Wildman–Crippen MR) is 57.2 cm³/mol. The van der Waals surface area contributed by atoms with E-state index in [-0.39, 0.29) is 6.04 Å². The summed E-state index contributed by atoms with van der Waals surface area (Å²) in [7, 11) is 3.16. The molecule has 0 heterocycles. The van der Waals surface area contributed by atoms with Crippen molar-refractivity contribution in [1.29, 1.82) is 0 Å². The van der Waals surface area contributed by atoms with Crippen LogP contribution in [0.2, 0.25) is 5.02 Å². The largest absolute Gasteiger partial charge is 0.497 e. The summed E-state index contributed by atoms with van der Waals surface area (Å²) in [5.74, 6) is 1.30. The van der Waals surface area contributed by atoms with Crippen molar-refractivity contribution in [2.45, 2.75) is 13.0 Å². The second kappa shape index (κ2) is 4.53. The third-order valence-corrected chi connectivity index (χ3v) is 2.26. The normalized spacial score (nSPS) is 12.4. The van der Waals surface area contributed by atoms with Gasteiger partial charge < -0.3 is 15.2 Å². The Morgan fingerprint density at radius 1 is 1.29 bits per heavy atom. The fourth-order valence-electron chi connectivity index (χ4n) is 1.26. The number of methoxy groups -OCH3 is 2. The summed E-state index contributed by atoms with van der Waals surface area (Å²) in [5.41, 5.74) is 6.63. The highest BCUT2D eigenvalue weighted by molar-refractivity contribution is 6.32. The van der Waals surface area contributed by atoms with Crippen LogP contribution in [-0.4, -0.2) is 14.2 Å². The van der Waals surface area contributed by atoms with Gasteiger partial charge in [0.1, 0.15) is 11.5 Å². The standard InChI is InChI=1S/C10H14ClNO2/c1-6(12)8-4-7(13-2)5-9(11)10(8)14-3/h4-6H,12H2,1-3H3. The van der Waals surface area contributed by atoms with E-state index in [2.05, 4.69) is 0 Å². The van der Waals surface area contributed by atoms with Crippen molar-refractivity contribution in [2.75, 3.05) is 14.2 Å². The van der Waals surface area contributed by atoms with Crippen LogP contribution >= 0.6 is 11.6 Å². The second-order valence-corrected chi connectivity index (χ2v) is 3.43. The molecule has 0 aliphatic heterocycles. The van der Waals surface area contributed by atoms with Crippen molar-refractivity contribution in [3.05, 3.63) is 22.7 Å². The van der Waals surface area contributed by atoms with Gasteiger partial charge in [0.25, 0.3) is 0 Å². The topological polar surface area (TPSA) is 44.5 Å². The molecule has 0 bridgehead atoms. The lowest BCUT2D eigenvalue weighted by molar-refractivity contribution is 0.396. The highest BCUT2D eigenvalue weighted by Gasteiger charge is 2.13. The monoisotopic (exact) mass is 215 g/mol. The predicted octanol–water partition coefficient (Wildman–Crippen LogP) is 2.38. The zero-order valence-corrected chi connectivity index (χ0v) is 9.26. The molecule has 78 valence electrons. The van der Waals surface area contributed by atoms with Gasteiger partial charge in [0.15, 0.2) is 0 Å². The maximum atomic E-state index is 6.00. The Morgan fingerprint density at radius 2 is 1.93 bits per heavy atom. The molecular weight excluding hydrogens is 202 g/mol. The minimum Gasteiger partial charge on any atom is -0.497 e. The zero-order chi connectivity index (χ0) is 10.7. The van der Waals surface area contributed by atoms with Gasteiger partial charge >= 0.3 is 0 Å². The van der Waals surface area contributed by atoms with Gasteiger partial charge in [0.2, 0.25) is 0 Å². The summed E-state index contributed by atoms with van der Waals surface area (Å²) in [5, 5.41) is 0.513. The molecular formula is C10H14ClNO2. The van der Waals surface area contributed by atoms with Gasteiger partial charge in [-0.05, 0) is 13.0 Å². The van der Waals surface area contributed by atoms with Crippen LogP contribution in [0.15, 0.2) is 12.1 Å². The SMILES string of the molecule is COc1cc(Cl)c(OC)c(C(C)N)c1. The average Bonchev–Trinajstić information content (AvgIpc) is 2.16. The molecule has 0 aromatic heterocycles. The van der Waals surface area contributed by atoms with Gasteiger partial charge in [-0.1, -0.05) is 11.6 Å². The number of ether oxygens (including phenoxy) is 2. The van der Waals surface area contributed by atoms with Crippen molar-refractivity contribution >= 4 is 11.6 Å². The Hall–Kier alpha value is -0.930. The van der Waals surface area contributed by atoms with Crippen LogP contribution in [-0.2, 0) is 0 Å². The first kappa shape index (κ1) is 11.1. The van der Waals surface area contributed by atoms with E-state index in [9.17, 15) is 0 Å². The Balaban J connectivity index is 3.28. The van der Waals surface area contributed by atoms with Crippen LogP contribution in [0.4, 0.5) is 0 Å². The lowest BCUT2D eigenvalue weighted by atomic mass is 10.1. The van der Waals surface area contributed by atoms with Crippen molar-refractivity contribution in [3.8, 4) is 11.5 Å². The van der Waals surface area contributed by atoms with E-state index in [4.69, 9.17) is 26.8 Å². The summed E-state index contributed by atoms with van der Waals surface area (Å²) >= 11 is 6.00. The minimum atomic E-state index is -0.141. The Kier molecular flexibility index (Phi) is 3.61. The van der Waals surface area contributed by atoms with Crippen LogP contribution in [0.3, 0.4) is 0 Å². The molecule has 0 saturated heterocycles. The van der Waals surface area contributed by atoms with Crippen molar-refractivity contribution in [1.82, 2.24) is 0 Å². The van der Waals surface area contributed by atoms with Crippen LogP contribution in [0.1, 0.15) is 18.5 Å². The zero-order valence-electron chi connectivity index (χ0n) is 8.50. The highest BCUT2D eigenvalue weighted by atomic mass is 35.5. The van der Waals surface area contributed by atoms with Crippen molar-refractivity contribution < 1.29 is 9.47 Å². The molecule has 3 nitrogen and oxygen atoms in total. The quantitative estimate of drug-likeness (QED) is 0.842. The molecule has 1 aromatic rings. The minimum absolute atomic E-state index is 0.141. The molecule has 1 unspecified atom stereocenters. The first-order chi connectivity index (χ1) is 6.60. The van der Waals surface area contributed by atoms with Gasteiger partial charge in [0.05, 0.1) is 19.2 Å². The molecule has 1 aromatic carbocycles. The maximum Gasteiger partial charge on any atom is 0.142 e. The van der Waals surface area contributed by atoms with Gasteiger partial charge in [-0.2, -0.15) is 0 Å². The molecule has 1 rings (SSSR count). The molecule has 0 radical (unpaired) electrons. The Morgan fingerprint density at radius 3 is 2.36 bits per heavy atom. The first-order valence-electron chi connectivity index (χ1n) is 4.27. The van der Waals surface area contributed by atoms with E-state index in [1.165, 1.54) is 0 Å². The lowest BCUT2D eigenvalue weighted by Gasteiger charge is -2.14. The third-order valence-electron chi connectivity index (χ3n) is 1.98. The lowest BCUT2D eigenvalue weighted by Crippen LogP contribution is -2.07. The van der Waals surface area contributed by atoms with E-state index in [1.807, 2.05) is 13.0 Å². The number of hydrogen-bond acceptors (Lipinski definition) is 3. The Labute approximate surface area is 88.8 Å². The van der Waals surface area contributed by atoms with E-state index in [0.717, 1.165) is 5.56 Å². The second-order valence-electron chi connectivity index (χ2n) is 3.02. The van der Waals surface area contributed by atoms with Crippen LogP contribution in [0.25, 0.3) is 0 Å². The summed E-state index contributed by atoms with van der Waals surface area (Å²) < 4.78 is 10.3. The van der Waals surface area contributed by atoms with Gasteiger partial charge in [-0.3, -0.25) is 0 Å². The van der Waals surface area contributed by atoms with E-state index in [1.54, 1.807) is 20.3 Å². The maximum absolute atomic E-state index is 6.00. The van der Waals surface area contributed by atoms with Gasteiger partial charge in [-0.15, -0.1) is 0 Å². The van der Waals surface area contributed by atoms with E-state index in [0.29, 0.717) is 16.5 Å². The average molecular weight is 216 g/mol. The molecule has 0 spiro atoms. The molecule has 4 heteroatoms.